The van der Waals surface area contributed by atoms with Gasteiger partial charge in [-0.25, -0.2) is 14.8 Å². The van der Waals surface area contributed by atoms with Crippen LogP contribution in [0.1, 0.15) is 25.3 Å². The molecule has 0 spiro atoms. The Morgan fingerprint density at radius 3 is 2.61 bits per heavy atom. The first-order valence-electron chi connectivity index (χ1n) is 6.04. The van der Waals surface area contributed by atoms with Crippen LogP contribution in [0.15, 0.2) is 18.5 Å². The van der Waals surface area contributed by atoms with Crippen molar-refractivity contribution in [3.8, 4) is 0 Å². The molecule has 5 heteroatoms. The van der Waals surface area contributed by atoms with Gasteiger partial charge in [-0.1, -0.05) is 0 Å². The van der Waals surface area contributed by atoms with Gasteiger partial charge in [0.15, 0.2) is 0 Å². The fourth-order valence-electron chi connectivity index (χ4n) is 1.84. The monoisotopic (exact) mass is 247 g/mol. The zero-order chi connectivity index (χ0) is 13.1. The van der Waals surface area contributed by atoms with E-state index in [-0.39, 0.29) is 0 Å². The third kappa shape index (κ3) is 3.06. The van der Waals surface area contributed by atoms with E-state index >= 15 is 0 Å². The van der Waals surface area contributed by atoms with Crippen molar-refractivity contribution in [3.63, 3.8) is 0 Å². The zero-order valence-electron chi connectivity index (χ0n) is 10.6. The number of carboxylic acid groups (broad SMARTS) is 1. The van der Waals surface area contributed by atoms with Gasteiger partial charge in [0.25, 0.3) is 0 Å². The molecule has 1 aromatic heterocycles. The van der Waals surface area contributed by atoms with Crippen molar-refractivity contribution >= 4 is 18.0 Å². The van der Waals surface area contributed by atoms with Crippen molar-refractivity contribution in [1.29, 1.82) is 0 Å². The summed E-state index contributed by atoms with van der Waals surface area (Å²) in [6, 6.07) is 0.449. The van der Waals surface area contributed by atoms with Crippen LogP contribution in [0.2, 0.25) is 0 Å². The summed E-state index contributed by atoms with van der Waals surface area (Å²) >= 11 is 0. The average Bonchev–Trinajstić information content (AvgIpc) is 3.19. The molecule has 1 N–H and O–H groups in total. The van der Waals surface area contributed by atoms with Crippen LogP contribution in [-0.4, -0.2) is 34.1 Å². The van der Waals surface area contributed by atoms with Crippen LogP contribution in [0.3, 0.4) is 0 Å². The second kappa shape index (κ2) is 5.16. The van der Waals surface area contributed by atoms with Crippen LogP contribution in [0.25, 0.3) is 6.08 Å². The second-order valence-electron chi connectivity index (χ2n) is 4.68. The number of hydrogen-bond acceptors (Lipinski definition) is 4. The van der Waals surface area contributed by atoms with Crippen LogP contribution >= 0.6 is 0 Å². The molecule has 1 aliphatic rings. The predicted molar refractivity (Wildman–Crippen MR) is 69.3 cm³/mol. The fourth-order valence-corrected chi connectivity index (χ4v) is 1.84. The molecule has 0 aliphatic heterocycles. The number of aliphatic carboxylic acids is 1. The summed E-state index contributed by atoms with van der Waals surface area (Å²) in [6.07, 6.45) is 8.40. The number of carbonyl (C=O) groups is 1. The lowest BCUT2D eigenvalue weighted by Gasteiger charge is -2.24. The van der Waals surface area contributed by atoms with Crippen LogP contribution < -0.4 is 4.90 Å². The summed E-state index contributed by atoms with van der Waals surface area (Å²) in [5.74, 6) is 0.464. The van der Waals surface area contributed by atoms with E-state index in [0.717, 1.165) is 12.0 Å². The largest absolute Gasteiger partial charge is 0.478 e. The Hall–Kier alpha value is -1.91. The van der Waals surface area contributed by atoms with Crippen LogP contribution in [0, 0.1) is 5.92 Å². The number of nitrogens with zero attached hydrogens (tertiary/aromatic N) is 3. The summed E-state index contributed by atoms with van der Waals surface area (Å²) in [6.45, 7) is 2.18. The maximum absolute atomic E-state index is 10.4. The van der Waals surface area contributed by atoms with Gasteiger partial charge in [0.1, 0.15) is 0 Å². The molecule has 1 aromatic rings. The molecule has 1 unspecified atom stereocenters. The highest BCUT2D eigenvalue weighted by Crippen LogP contribution is 2.35. The van der Waals surface area contributed by atoms with Gasteiger partial charge in [0.05, 0.1) is 0 Å². The maximum atomic E-state index is 10.4. The number of aromatic nitrogens is 2. The molecule has 2 rings (SSSR count). The molecule has 1 fully saturated rings. The molecule has 5 nitrogen and oxygen atoms in total. The second-order valence-corrected chi connectivity index (χ2v) is 4.68. The van der Waals surface area contributed by atoms with E-state index in [9.17, 15) is 4.79 Å². The van der Waals surface area contributed by atoms with Gasteiger partial charge in [0, 0.05) is 37.1 Å². The zero-order valence-corrected chi connectivity index (χ0v) is 10.6. The lowest BCUT2D eigenvalue weighted by molar-refractivity contribution is -0.131. The van der Waals surface area contributed by atoms with Crippen molar-refractivity contribution in [2.24, 2.45) is 5.92 Å². The first kappa shape index (κ1) is 12.5. The minimum atomic E-state index is -0.974. The number of hydrogen-bond donors (Lipinski definition) is 1. The molecule has 96 valence electrons. The third-order valence-corrected chi connectivity index (χ3v) is 3.31. The molecular formula is C13H17N3O2. The van der Waals surface area contributed by atoms with Crippen molar-refractivity contribution in [1.82, 2.24) is 9.97 Å². The summed E-state index contributed by atoms with van der Waals surface area (Å²) in [5, 5.41) is 8.52. The third-order valence-electron chi connectivity index (χ3n) is 3.31. The molecule has 0 amide bonds. The Morgan fingerprint density at radius 2 is 2.11 bits per heavy atom. The van der Waals surface area contributed by atoms with Crippen LogP contribution in [0.5, 0.6) is 0 Å². The number of anilines is 1. The molecule has 1 saturated carbocycles. The Labute approximate surface area is 106 Å². The Bertz CT molecular complexity index is 452. The highest BCUT2D eigenvalue weighted by Gasteiger charge is 2.31. The molecule has 0 bridgehead atoms. The quantitative estimate of drug-likeness (QED) is 0.804. The molecule has 18 heavy (non-hydrogen) atoms. The highest BCUT2D eigenvalue weighted by atomic mass is 16.4. The van der Waals surface area contributed by atoms with Gasteiger partial charge < -0.3 is 10.0 Å². The van der Waals surface area contributed by atoms with Crippen molar-refractivity contribution in [3.05, 3.63) is 24.0 Å². The first-order chi connectivity index (χ1) is 8.58. The summed E-state index contributed by atoms with van der Waals surface area (Å²) in [5.41, 5.74) is 0.689. The van der Waals surface area contributed by atoms with E-state index < -0.39 is 5.97 Å². The molecule has 1 aliphatic carbocycles. The molecule has 0 aromatic carbocycles. The maximum Gasteiger partial charge on any atom is 0.328 e. The SMILES string of the molecule is CC(C1CC1)N(C)c1ncc(/C=C/C(=O)O)cn1. The van der Waals surface area contributed by atoms with Gasteiger partial charge in [-0.2, -0.15) is 0 Å². The smallest absolute Gasteiger partial charge is 0.328 e. The number of carboxylic acids is 1. The van der Waals surface area contributed by atoms with Gasteiger partial charge in [-0.05, 0) is 31.8 Å². The van der Waals surface area contributed by atoms with Crippen LogP contribution in [-0.2, 0) is 4.79 Å². The van der Waals surface area contributed by atoms with Gasteiger partial charge >= 0.3 is 5.97 Å². The Kier molecular flexibility index (Phi) is 3.60. The van der Waals surface area contributed by atoms with Gasteiger partial charge in [-0.3, -0.25) is 0 Å². The molecule has 0 saturated heterocycles. The Morgan fingerprint density at radius 1 is 1.50 bits per heavy atom. The summed E-state index contributed by atoms with van der Waals surface area (Å²) in [4.78, 5) is 21.0. The number of rotatable bonds is 5. The highest BCUT2D eigenvalue weighted by molar-refractivity contribution is 5.85. The van der Waals surface area contributed by atoms with Crippen molar-refractivity contribution in [2.45, 2.75) is 25.8 Å². The predicted octanol–water partition coefficient (Wildman–Crippen LogP) is 1.81. The van der Waals surface area contributed by atoms with E-state index in [1.807, 2.05) is 7.05 Å². The summed E-state index contributed by atoms with van der Waals surface area (Å²) in [7, 11) is 1.99. The van der Waals surface area contributed by atoms with E-state index in [4.69, 9.17) is 5.11 Å². The van der Waals surface area contributed by atoms with Crippen LogP contribution in [0.4, 0.5) is 5.95 Å². The standard InChI is InChI=1S/C13H17N3O2/c1-9(11-4-5-11)16(2)13-14-7-10(8-15-13)3-6-12(17)18/h3,6-9,11H,4-5H2,1-2H3,(H,17,18)/b6-3+. The summed E-state index contributed by atoms with van der Waals surface area (Å²) < 4.78 is 0. The lowest BCUT2D eigenvalue weighted by Crippen LogP contribution is -2.31. The minimum Gasteiger partial charge on any atom is -0.478 e. The van der Waals surface area contributed by atoms with Gasteiger partial charge in [-0.15, -0.1) is 0 Å². The minimum absolute atomic E-state index is 0.449. The Balaban J connectivity index is 2.04. The average molecular weight is 247 g/mol. The van der Waals surface area contributed by atoms with E-state index in [0.29, 0.717) is 17.6 Å². The van der Waals surface area contributed by atoms with Crippen molar-refractivity contribution < 1.29 is 9.90 Å². The van der Waals surface area contributed by atoms with E-state index in [1.54, 1.807) is 12.4 Å². The molecular weight excluding hydrogens is 230 g/mol. The topological polar surface area (TPSA) is 66.3 Å². The first-order valence-corrected chi connectivity index (χ1v) is 6.04. The fraction of sp³-hybridized carbons (Fsp3) is 0.462. The van der Waals surface area contributed by atoms with Crippen molar-refractivity contribution in [2.75, 3.05) is 11.9 Å². The normalized spacial score (nSPS) is 16.8. The van der Waals surface area contributed by atoms with E-state index in [2.05, 4.69) is 21.8 Å². The van der Waals surface area contributed by atoms with E-state index in [1.165, 1.54) is 18.9 Å². The molecule has 1 atom stereocenters. The lowest BCUT2D eigenvalue weighted by atomic mass is 10.2. The van der Waals surface area contributed by atoms with Gasteiger partial charge in [0.2, 0.25) is 5.95 Å². The molecule has 1 heterocycles. The molecule has 0 radical (unpaired) electrons.